The zero-order chi connectivity index (χ0) is 14.8. The quantitative estimate of drug-likeness (QED) is 0.865. The highest BCUT2D eigenvalue weighted by Gasteiger charge is 2.42. The molecule has 1 aliphatic heterocycles. The number of likely N-dealkylation sites (tertiary alicyclic amines) is 1. The summed E-state index contributed by atoms with van der Waals surface area (Å²) in [5, 5.41) is 0. The van der Waals surface area contributed by atoms with Crippen LogP contribution in [0.25, 0.3) is 0 Å². The standard InChI is InChI=1S/C18H32N2O/c19-14-18(9-5-2-6-10-18)13-16(21)20-12-11-17(15-20)7-3-1-4-8-17/h1-15,19H2. The summed E-state index contributed by atoms with van der Waals surface area (Å²) in [7, 11) is 0. The van der Waals surface area contributed by atoms with E-state index in [9.17, 15) is 4.79 Å². The first-order chi connectivity index (χ1) is 10.2. The molecule has 0 bridgehead atoms. The van der Waals surface area contributed by atoms with Crippen molar-refractivity contribution in [2.45, 2.75) is 77.0 Å². The molecule has 3 rings (SSSR count). The van der Waals surface area contributed by atoms with Gasteiger partial charge in [-0.2, -0.15) is 0 Å². The first kappa shape index (κ1) is 15.3. The Morgan fingerprint density at radius 2 is 1.52 bits per heavy atom. The second-order valence-corrected chi connectivity index (χ2v) is 8.07. The highest BCUT2D eigenvalue weighted by atomic mass is 16.2. The number of nitrogens with zero attached hydrogens (tertiary/aromatic N) is 1. The van der Waals surface area contributed by atoms with Crippen molar-refractivity contribution < 1.29 is 4.79 Å². The highest BCUT2D eigenvalue weighted by Crippen LogP contribution is 2.45. The largest absolute Gasteiger partial charge is 0.342 e. The molecule has 3 fully saturated rings. The van der Waals surface area contributed by atoms with Crippen molar-refractivity contribution in [3.8, 4) is 0 Å². The van der Waals surface area contributed by atoms with Crippen LogP contribution in [0.15, 0.2) is 0 Å². The number of hydrogen-bond acceptors (Lipinski definition) is 2. The second kappa shape index (κ2) is 6.28. The fourth-order valence-electron chi connectivity index (χ4n) is 5.05. The topological polar surface area (TPSA) is 46.3 Å². The van der Waals surface area contributed by atoms with Crippen LogP contribution in [0, 0.1) is 10.8 Å². The average molecular weight is 292 g/mol. The summed E-state index contributed by atoms with van der Waals surface area (Å²) in [5.41, 5.74) is 6.66. The molecule has 0 aromatic carbocycles. The Kier molecular flexibility index (Phi) is 4.58. The maximum absolute atomic E-state index is 12.8. The molecule has 2 saturated carbocycles. The van der Waals surface area contributed by atoms with Gasteiger partial charge in [0.1, 0.15) is 0 Å². The molecule has 1 heterocycles. The summed E-state index contributed by atoms with van der Waals surface area (Å²) in [6.45, 7) is 2.73. The van der Waals surface area contributed by atoms with Crippen molar-refractivity contribution in [2.24, 2.45) is 16.6 Å². The van der Waals surface area contributed by atoms with E-state index < -0.39 is 0 Å². The molecular formula is C18H32N2O. The molecule has 3 aliphatic rings. The van der Waals surface area contributed by atoms with Gasteiger partial charge in [0.15, 0.2) is 0 Å². The van der Waals surface area contributed by atoms with E-state index in [0.29, 0.717) is 24.3 Å². The summed E-state index contributed by atoms with van der Waals surface area (Å²) in [6.07, 6.45) is 14.9. The van der Waals surface area contributed by atoms with E-state index >= 15 is 0 Å². The molecule has 0 aromatic heterocycles. The van der Waals surface area contributed by atoms with Gasteiger partial charge in [-0.1, -0.05) is 38.5 Å². The molecule has 2 aliphatic carbocycles. The molecule has 3 nitrogen and oxygen atoms in total. The summed E-state index contributed by atoms with van der Waals surface area (Å²) >= 11 is 0. The van der Waals surface area contributed by atoms with Crippen LogP contribution in [0.3, 0.4) is 0 Å². The van der Waals surface area contributed by atoms with Crippen LogP contribution < -0.4 is 5.73 Å². The average Bonchev–Trinajstić information content (AvgIpc) is 2.93. The van der Waals surface area contributed by atoms with Gasteiger partial charge in [0.25, 0.3) is 0 Å². The number of carbonyl (C=O) groups excluding carboxylic acids is 1. The molecule has 1 amide bonds. The molecule has 0 atom stereocenters. The lowest BCUT2D eigenvalue weighted by atomic mass is 9.71. The van der Waals surface area contributed by atoms with Gasteiger partial charge < -0.3 is 10.6 Å². The van der Waals surface area contributed by atoms with Crippen molar-refractivity contribution in [3.05, 3.63) is 0 Å². The Labute approximate surface area is 129 Å². The minimum Gasteiger partial charge on any atom is -0.342 e. The van der Waals surface area contributed by atoms with Crippen molar-refractivity contribution in [1.82, 2.24) is 4.90 Å². The van der Waals surface area contributed by atoms with Gasteiger partial charge in [-0.25, -0.2) is 0 Å². The van der Waals surface area contributed by atoms with Gasteiger partial charge in [0.2, 0.25) is 5.91 Å². The molecule has 1 saturated heterocycles. The third-order valence-corrected chi connectivity index (χ3v) is 6.58. The van der Waals surface area contributed by atoms with Crippen LogP contribution in [0.1, 0.15) is 77.0 Å². The van der Waals surface area contributed by atoms with Crippen molar-refractivity contribution in [2.75, 3.05) is 19.6 Å². The molecule has 2 N–H and O–H groups in total. The smallest absolute Gasteiger partial charge is 0.223 e. The van der Waals surface area contributed by atoms with E-state index in [1.54, 1.807) is 0 Å². The normalized spacial score (nSPS) is 28.0. The van der Waals surface area contributed by atoms with Gasteiger partial charge >= 0.3 is 0 Å². The first-order valence-electron chi connectivity index (χ1n) is 9.15. The van der Waals surface area contributed by atoms with E-state index in [1.807, 2.05) is 0 Å². The van der Waals surface area contributed by atoms with Crippen molar-refractivity contribution in [3.63, 3.8) is 0 Å². The highest BCUT2D eigenvalue weighted by molar-refractivity contribution is 5.77. The third kappa shape index (κ3) is 3.28. The maximum Gasteiger partial charge on any atom is 0.223 e. The lowest BCUT2D eigenvalue weighted by molar-refractivity contribution is -0.133. The summed E-state index contributed by atoms with van der Waals surface area (Å²) in [6, 6.07) is 0. The van der Waals surface area contributed by atoms with E-state index in [-0.39, 0.29) is 5.41 Å². The molecular weight excluding hydrogens is 260 g/mol. The molecule has 21 heavy (non-hydrogen) atoms. The molecule has 0 radical (unpaired) electrons. The third-order valence-electron chi connectivity index (χ3n) is 6.58. The second-order valence-electron chi connectivity index (χ2n) is 8.07. The Morgan fingerprint density at radius 1 is 0.905 bits per heavy atom. The molecule has 120 valence electrons. The van der Waals surface area contributed by atoms with Crippen molar-refractivity contribution in [1.29, 1.82) is 0 Å². The monoisotopic (exact) mass is 292 g/mol. The Hall–Kier alpha value is -0.570. The predicted molar refractivity (Wildman–Crippen MR) is 85.9 cm³/mol. The van der Waals surface area contributed by atoms with Crippen LogP contribution in [0.4, 0.5) is 0 Å². The van der Waals surface area contributed by atoms with Crippen LogP contribution >= 0.6 is 0 Å². The predicted octanol–water partition coefficient (Wildman–Crippen LogP) is 3.47. The summed E-state index contributed by atoms with van der Waals surface area (Å²) < 4.78 is 0. The van der Waals surface area contributed by atoms with Crippen LogP contribution in [0.2, 0.25) is 0 Å². The van der Waals surface area contributed by atoms with Gasteiger partial charge in [-0.15, -0.1) is 0 Å². The minimum atomic E-state index is 0.123. The minimum absolute atomic E-state index is 0.123. The SMILES string of the molecule is NCC1(CC(=O)N2CCC3(CCCCC3)C2)CCCCC1. The van der Waals surface area contributed by atoms with Gasteiger partial charge in [-0.3, -0.25) is 4.79 Å². The Balaban J connectivity index is 1.58. The summed E-state index contributed by atoms with van der Waals surface area (Å²) in [5.74, 6) is 0.393. The van der Waals surface area contributed by atoms with E-state index in [4.69, 9.17) is 5.73 Å². The lowest BCUT2D eigenvalue weighted by Crippen LogP contribution is -2.40. The zero-order valence-electron chi connectivity index (χ0n) is 13.5. The van der Waals surface area contributed by atoms with Crippen LogP contribution in [-0.2, 0) is 4.79 Å². The molecule has 1 spiro atoms. The number of amides is 1. The Morgan fingerprint density at radius 3 is 2.14 bits per heavy atom. The Bertz CT molecular complexity index is 367. The fourth-order valence-corrected chi connectivity index (χ4v) is 5.05. The number of nitrogens with two attached hydrogens (primary N) is 1. The van der Waals surface area contributed by atoms with Gasteiger partial charge in [-0.05, 0) is 49.5 Å². The number of rotatable bonds is 3. The maximum atomic E-state index is 12.8. The van der Waals surface area contributed by atoms with Crippen molar-refractivity contribution >= 4 is 5.91 Å². The van der Waals surface area contributed by atoms with Gasteiger partial charge in [0.05, 0.1) is 0 Å². The number of carbonyl (C=O) groups is 1. The lowest BCUT2D eigenvalue weighted by Gasteiger charge is -2.37. The zero-order valence-corrected chi connectivity index (χ0v) is 13.5. The van der Waals surface area contributed by atoms with Crippen LogP contribution in [0.5, 0.6) is 0 Å². The fraction of sp³-hybridized carbons (Fsp3) is 0.944. The van der Waals surface area contributed by atoms with Gasteiger partial charge in [0, 0.05) is 19.5 Å². The van der Waals surface area contributed by atoms with E-state index in [1.165, 1.54) is 57.8 Å². The van der Waals surface area contributed by atoms with E-state index in [0.717, 1.165) is 25.9 Å². The van der Waals surface area contributed by atoms with Crippen LogP contribution in [-0.4, -0.2) is 30.4 Å². The molecule has 3 heteroatoms. The number of hydrogen-bond donors (Lipinski definition) is 1. The summed E-state index contributed by atoms with van der Waals surface area (Å²) in [4.78, 5) is 15.0. The first-order valence-corrected chi connectivity index (χ1v) is 9.15. The van der Waals surface area contributed by atoms with E-state index in [2.05, 4.69) is 4.90 Å². The molecule has 0 aromatic rings. The molecule has 0 unspecified atom stereocenters.